The van der Waals surface area contributed by atoms with Crippen LogP contribution in [-0.4, -0.2) is 27.4 Å². The van der Waals surface area contributed by atoms with Crippen LogP contribution in [0.4, 0.5) is 0 Å². The lowest BCUT2D eigenvalue weighted by Crippen LogP contribution is -2.33. The van der Waals surface area contributed by atoms with Gasteiger partial charge in [-0.1, -0.05) is 34.6 Å². The van der Waals surface area contributed by atoms with Gasteiger partial charge >= 0.3 is 0 Å². The Morgan fingerprint density at radius 3 is 2.56 bits per heavy atom. The third-order valence-corrected chi connectivity index (χ3v) is 3.31. The predicted octanol–water partition coefficient (Wildman–Crippen LogP) is 2.50. The van der Waals surface area contributed by atoms with Gasteiger partial charge in [-0.15, -0.1) is 0 Å². The van der Waals surface area contributed by atoms with E-state index < -0.39 is 0 Å². The molecule has 0 bridgehead atoms. The molecule has 0 saturated carbocycles. The van der Waals surface area contributed by atoms with Crippen molar-refractivity contribution in [3.8, 4) is 0 Å². The highest BCUT2D eigenvalue weighted by atomic mass is 15.3. The third-order valence-electron chi connectivity index (χ3n) is 3.31. The molecule has 1 unspecified atom stereocenters. The molecule has 0 spiro atoms. The van der Waals surface area contributed by atoms with E-state index in [-0.39, 0.29) is 0 Å². The molecule has 1 rings (SSSR count). The number of rotatable bonds is 8. The van der Waals surface area contributed by atoms with E-state index in [4.69, 9.17) is 0 Å². The molecular formula is C14H28N4. The van der Waals surface area contributed by atoms with Gasteiger partial charge < -0.3 is 5.32 Å². The van der Waals surface area contributed by atoms with Crippen LogP contribution in [0.5, 0.6) is 0 Å². The third kappa shape index (κ3) is 4.77. The van der Waals surface area contributed by atoms with E-state index in [2.05, 4.69) is 50.0 Å². The fourth-order valence-corrected chi connectivity index (χ4v) is 2.01. The Kier molecular flexibility index (Phi) is 6.33. The second-order valence-electron chi connectivity index (χ2n) is 5.67. The quantitative estimate of drug-likeness (QED) is 0.773. The maximum absolute atomic E-state index is 4.41. The number of hydrogen-bond acceptors (Lipinski definition) is 3. The first-order chi connectivity index (χ1) is 8.54. The molecule has 1 aromatic rings. The molecule has 4 nitrogen and oxygen atoms in total. The molecular weight excluding hydrogens is 224 g/mol. The average molecular weight is 252 g/mol. The summed E-state index contributed by atoms with van der Waals surface area (Å²) in [4.78, 5) is 4.41. The highest BCUT2D eigenvalue weighted by Gasteiger charge is 2.17. The van der Waals surface area contributed by atoms with Crippen LogP contribution >= 0.6 is 0 Å². The molecule has 0 fully saturated rings. The summed E-state index contributed by atoms with van der Waals surface area (Å²) in [5.74, 6) is 2.40. The molecule has 0 aromatic carbocycles. The summed E-state index contributed by atoms with van der Waals surface area (Å²) in [7, 11) is 0. The van der Waals surface area contributed by atoms with Crippen LogP contribution in [0.2, 0.25) is 0 Å². The summed E-state index contributed by atoms with van der Waals surface area (Å²) in [5.41, 5.74) is 0. The standard InChI is InChI=1S/C14H28N4/c1-6-7-18-14(16-10-17-18)8-13(11(2)3)9-15-12(4)5/h10-13,15H,6-9H2,1-5H3. The van der Waals surface area contributed by atoms with Gasteiger partial charge in [-0.05, 0) is 24.8 Å². The maximum atomic E-state index is 4.41. The Bertz CT molecular complexity index is 330. The normalized spacial score (nSPS) is 13.5. The van der Waals surface area contributed by atoms with E-state index in [1.165, 1.54) is 0 Å². The second-order valence-corrected chi connectivity index (χ2v) is 5.67. The van der Waals surface area contributed by atoms with Gasteiger partial charge in [-0.25, -0.2) is 4.98 Å². The van der Waals surface area contributed by atoms with Crippen molar-refractivity contribution >= 4 is 0 Å². The van der Waals surface area contributed by atoms with Crippen molar-refractivity contribution in [3.05, 3.63) is 12.2 Å². The molecule has 1 atom stereocenters. The lowest BCUT2D eigenvalue weighted by molar-refractivity contribution is 0.337. The van der Waals surface area contributed by atoms with Crippen LogP contribution in [0.3, 0.4) is 0 Å². The first kappa shape index (κ1) is 15.2. The predicted molar refractivity (Wildman–Crippen MR) is 75.5 cm³/mol. The Morgan fingerprint density at radius 2 is 2.00 bits per heavy atom. The van der Waals surface area contributed by atoms with Crippen LogP contribution < -0.4 is 5.32 Å². The van der Waals surface area contributed by atoms with E-state index in [0.717, 1.165) is 31.8 Å². The van der Waals surface area contributed by atoms with Crippen LogP contribution in [0.1, 0.15) is 46.9 Å². The van der Waals surface area contributed by atoms with Crippen molar-refractivity contribution in [1.82, 2.24) is 20.1 Å². The molecule has 0 amide bonds. The molecule has 0 saturated heterocycles. The molecule has 4 heteroatoms. The van der Waals surface area contributed by atoms with Gasteiger partial charge in [0.05, 0.1) is 0 Å². The van der Waals surface area contributed by atoms with Gasteiger partial charge in [0.15, 0.2) is 0 Å². The highest BCUT2D eigenvalue weighted by molar-refractivity contribution is 4.89. The van der Waals surface area contributed by atoms with E-state index in [0.29, 0.717) is 17.9 Å². The van der Waals surface area contributed by atoms with Gasteiger partial charge in [0.1, 0.15) is 12.2 Å². The highest BCUT2D eigenvalue weighted by Crippen LogP contribution is 2.15. The van der Waals surface area contributed by atoms with Crippen molar-refractivity contribution in [2.45, 2.75) is 60.0 Å². The van der Waals surface area contributed by atoms with Gasteiger partial charge in [0, 0.05) is 19.0 Å². The van der Waals surface area contributed by atoms with Crippen LogP contribution in [0, 0.1) is 11.8 Å². The van der Waals surface area contributed by atoms with Crippen molar-refractivity contribution in [2.24, 2.45) is 11.8 Å². The Balaban J connectivity index is 2.61. The van der Waals surface area contributed by atoms with Crippen molar-refractivity contribution in [1.29, 1.82) is 0 Å². The Labute approximate surface area is 111 Å². The minimum atomic E-state index is 0.541. The molecule has 1 heterocycles. The molecule has 0 aliphatic carbocycles. The summed E-state index contributed by atoms with van der Waals surface area (Å²) in [6.45, 7) is 13.1. The van der Waals surface area contributed by atoms with Crippen LogP contribution in [0.15, 0.2) is 6.33 Å². The summed E-state index contributed by atoms with van der Waals surface area (Å²) >= 11 is 0. The lowest BCUT2D eigenvalue weighted by Gasteiger charge is -2.22. The van der Waals surface area contributed by atoms with Crippen molar-refractivity contribution in [2.75, 3.05) is 6.54 Å². The second kappa shape index (κ2) is 7.52. The van der Waals surface area contributed by atoms with Gasteiger partial charge in [-0.2, -0.15) is 5.10 Å². The molecule has 1 aromatic heterocycles. The molecule has 0 aliphatic rings. The average Bonchev–Trinajstić information content (AvgIpc) is 2.71. The zero-order valence-corrected chi connectivity index (χ0v) is 12.5. The van der Waals surface area contributed by atoms with Crippen LogP contribution in [-0.2, 0) is 13.0 Å². The fourth-order valence-electron chi connectivity index (χ4n) is 2.01. The van der Waals surface area contributed by atoms with E-state index in [9.17, 15) is 0 Å². The molecule has 18 heavy (non-hydrogen) atoms. The number of hydrogen-bond donors (Lipinski definition) is 1. The number of nitrogens with one attached hydrogen (secondary N) is 1. The largest absolute Gasteiger partial charge is 0.314 e. The van der Waals surface area contributed by atoms with Gasteiger partial charge in [-0.3, -0.25) is 4.68 Å². The first-order valence-corrected chi connectivity index (χ1v) is 7.14. The topological polar surface area (TPSA) is 42.7 Å². The molecule has 104 valence electrons. The zero-order valence-electron chi connectivity index (χ0n) is 12.5. The summed E-state index contributed by atoms with van der Waals surface area (Å²) in [6, 6.07) is 0.541. The van der Waals surface area contributed by atoms with Gasteiger partial charge in [0.2, 0.25) is 0 Å². The minimum Gasteiger partial charge on any atom is -0.314 e. The summed E-state index contributed by atoms with van der Waals surface area (Å²) in [6.07, 6.45) is 3.79. The first-order valence-electron chi connectivity index (χ1n) is 7.14. The fraction of sp³-hybridized carbons (Fsp3) is 0.857. The van der Waals surface area contributed by atoms with Crippen molar-refractivity contribution in [3.63, 3.8) is 0 Å². The molecule has 0 radical (unpaired) electrons. The Hall–Kier alpha value is -0.900. The monoisotopic (exact) mass is 252 g/mol. The van der Waals surface area contributed by atoms with Crippen molar-refractivity contribution < 1.29 is 0 Å². The molecule has 0 aliphatic heterocycles. The Morgan fingerprint density at radius 1 is 1.28 bits per heavy atom. The zero-order chi connectivity index (χ0) is 13.5. The summed E-state index contributed by atoms with van der Waals surface area (Å²) < 4.78 is 2.05. The lowest BCUT2D eigenvalue weighted by atomic mass is 9.92. The van der Waals surface area contributed by atoms with E-state index in [1.54, 1.807) is 6.33 Å². The number of nitrogens with zero attached hydrogens (tertiary/aromatic N) is 3. The van der Waals surface area contributed by atoms with E-state index in [1.807, 2.05) is 4.68 Å². The van der Waals surface area contributed by atoms with E-state index >= 15 is 0 Å². The number of aryl methyl sites for hydroxylation is 1. The summed E-state index contributed by atoms with van der Waals surface area (Å²) in [5, 5.41) is 7.83. The molecule has 1 N–H and O–H groups in total. The minimum absolute atomic E-state index is 0.541. The smallest absolute Gasteiger partial charge is 0.138 e. The number of aromatic nitrogens is 3. The SMILES string of the molecule is CCCn1ncnc1CC(CNC(C)C)C(C)C. The van der Waals surface area contributed by atoms with Gasteiger partial charge in [0.25, 0.3) is 0 Å². The maximum Gasteiger partial charge on any atom is 0.138 e. The van der Waals surface area contributed by atoms with Crippen LogP contribution in [0.25, 0.3) is 0 Å².